The van der Waals surface area contributed by atoms with E-state index in [1.54, 1.807) is 6.07 Å². The third-order valence-electron chi connectivity index (χ3n) is 3.75. The van der Waals surface area contributed by atoms with Gasteiger partial charge in [0, 0.05) is 24.8 Å². The van der Waals surface area contributed by atoms with Crippen LogP contribution in [0.2, 0.25) is 5.02 Å². The summed E-state index contributed by atoms with van der Waals surface area (Å²) >= 11 is 5.73. The Bertz CT molecular complexity index is 916. The van der Waals surface area contributed by atoms with Crippen molar-refractivity contribution in [1.29, 1.82) is 0 Å². The number of carbonyl (C=O) groups excluding carboxylic acids is 1. The van der Waals surface area contributed by atoms with E-state index in [1.165, 1.54) is 18.3 Å². The first-order valence-electron chi connectivity index (χ1n) is 7.68. The predicted octanol–water partition coefficient (Wildman–Crippen LogP) is 2.15. The normalized spacial score (nSPS) is 15.6. The Morgan fingerprint density at radius 3 is 2.62 bits per heavy atom. The van der Waals surface area contributed by atoms with Gasteiger partial charge in [0.15, 0.2) is 0 Å². The topological polar surface area (TPSA) is 88.6 Å². The first kappa shape index (κ1) is 18.7. The summed E-state index contributed by atoms with van der Waals surface area (Å²) in [7, 11) is -4.06. The minimum absolute atomic E-state index is 0.00464. The van der Waals surface area contributed by atoms with E-state index in [9.17, 15) is 17.6 Å². The van der Waals surface area contributed by atoms with Crippen LogP contribution in [0.25, 0.3) is 0 Å². The van der Waals surface area contributed by atoms with E-state index in [2.05, 4.69) is 10.3 Å². The Morgan fingerprint density at radius 1 is 1.23 bits per heavy atom. The molecule has 7 nitrogen and oxygen atoms in total. The van der Waals surface area contributed by atoms with Crippen LogP contribution in [0, 0.1) is 5.82 Å². The second-order valence-corrected chi connectivity index (χ2v) is 7.82. The highest BCUT2D eigenvalue weighted by atomic mass is 35.5. The van der Waals surface area contributed by atoms with E-state index >= 15 is 0 Å². The lowest BCUT2D eigenvalue weighted by Gasteiger charge is -2.26. The van der Waals surface area contributed by atoms with Gasteiger partial charge >= 0.3 is 0 Å². The number of hydrogen-bond donors (Lipinski definition) is 1. The maximum absolute atomic E-state index is 14.2. The highest BCUT2D eigenvalue weighted by Gasteiger charge is 2.29. The molecule has 3 rings (SSSR count). The van der Waals surface area contributed by atoms with Gasteiger partial charge in [-0.3, -0.25) is 4.79 Å². The molecular weight excluding hydrogens is 385 g/mol. The molecule has 1 aromatic heterocycles. The van der Waals surface area contributed by atoms with E-state index in [1.807, 2.05) is 0 Å². The molecule has 1 aliphatic rings. The van der Waals surface area contributed by atoms with Crippen molar-refractivity contribution in [3.05, 3.63) is 52.9 Å². The Balaban J connectivity index is 1.87. The lowest BCUT2D eigenvalue weighted by molar-refractivity contribution is 0.0729. The predicted molar refractivity (Wildman–Crippen MR) is 93.2 cm³/mol. The van der Waals surface area contributed by atoms with Crippen LogP contribution >= 0.6 is 11.6 Å². The number of halogens is 2. The number of nitrogens with zero attached hydrogens (tertiary/aromatic N) is 2. The van der Waals surface area contributed by atoms with Crippen LogP contribution in [-0.4, -0.2) is 49.9 Å². The van der Waals surface area contributed by atoms with Crippen molar-refractivity contribution in [1.82, 2.24) is 9.29 Å². The molecule has 10 heteroatoms. The quantitative estimate of drug-likeness (QED) is 0.851. The average molecular weight is 400 g/mol. The van der Waals surface area contributed by atoms with Gasteiger partial charge in [0.05, 0.1) is 18.2 Å². The summed E-state index contributed by atoms with van der Waals surface area (Å²) in [4.78, 5) is 15.7. The molecule has 0 radical (unpaired) electrons. The summed E-state index contributed by atoms with van der Waals surface area (Å²) in [5, 5.41) is 2.91. The number of hydrogen-bond acceptors (Lipinski definition) is 5. The van der Waals surface area contributed by atoms with E-state index in [4.69, 9.17) is 16.3 Å². The van der Waals surface area contributed by atoms with Crippen molar-refractivity contribution in [2.24, 2.45) is 0 Å². The molecule has 0 aliphatic carbocycles. The lowest BCUT2D eigenvalue weighted by atomic mass is 10.2. The van der Waals surface area contributed by atoms with E-state index in [0.29, 0.717) is 5.02 Å². The Labute approximate surface area is 154 Å². The lowest BCUT2D eigenvalue weighted by Crippen LogP contribution is -2.41. The number of amides is 1. The van der Waals surface area contributed by atoms with Gasteiger partial charge in [-0.05, 0) is 30.3 Å². The Morgan fingerprint density at radius 2 is 1.96 bits per heavy atom. The number of pyridine rings is 1. The van der Waals surface area contributed by atoms with Crippen molar-refractivity contribution < 1.29 is 22.3 Å². The standard InChI is InChI=1S/C16H15ClFN3O4S/c17-12-2-4-15(19-10-12)20-16(22)11-1-3-13(18)14(9-11)26(23,24)21-5-7-25-8-6-21/h1-4,9-10H,5-8H2,(H,19,20,22). The molecule has 26 heavy (non-hydrogen) atoms. The zero-order valence-corrected chi connectivity index (χ0v) is 15.1. The molecule has 2 aromatic rings. The van der Waals surface area contributed by atoms with Gasteiger partial charge in [0.1, 0.15) is 16.5 Å². The molecule has 0 unspecified atom stereocenters. The largest absolute Gasteiger partial charge is 0.379 e. The fraction of sp³-hybridized carbons (Fsp3) is 0.250. The van der Waals surface area contributed by atoms with Crippen LogP contribution in [0.4, 0.5) is 10.2 Å². The van der Waals surface area contributed by atoms with Crippen LogP contribution in [0.5, 0.6) is 0 Å². The third kappa shape index (κ3) is 4.01. The zero-order chi connectivity index (χ0) is 18.7. The second-order valence-electron chi connectivity index (χ2n) is 5.48. The van der Waals surface area contributed by atoms with Crippen molar-refractivity contribution in [2.45, 2.75) is 4.90 Å². The maximum atomic E-state index is 14.2. The Kier molecular flexibility index (Phi) is 5.52. The molecular formula is C16H15ClFN3O4S. The molecule has 2 heterocycles. The van der Waals surface area contributed by atoms with Crippen LogP contribution in [-0.2, 0) is 14.8 Å². The average Bonchev–Trinajstić information content (AvgIpc) is 2.64. The van der Waals surface area contributed by atoms with Crippen molar-refractivity contribution in [3.8, 4) is 0 Å². The molecule has 1 aliphatic heterocycles. The fourth-order valence-corrected chi connectivity index (χ4v) is 4.02. The molecule has 1 amide bonds. The molecule has 138 valence electrons. The van der Waals surface area contributed by atoms with Crippen LogP contribution in [0.15, 0.2) is 41.4 Å². The van der Waals surface area contributed by atoms with E-state index in [0.717, 1.165) is 16.4 Å². The van der Waals surface area contributed by atoms with Gasteiger partial charge in [0.2, 0.25) is 10.0 Å². The minimum Gasteiger partial charge on any atom is -0.379 e. The Hall–Kier alpha value is -2.07. The third-order valence-corrected chi connectivity index (χ3v) is 5.89. The molecule has 1 fully saturated rings. The monoisotopic (exact) mass is 399 g/mol. The molecule has 1 saturated heterocycles. The molecule has 0 spiro atoms. The number of nitrogens with one attached hydrogen (secondary N) is 1. The highest BCUT2D eigenvalue weighted by molar-refractivity contribution is 7.89. The summed E-state index contributed by atoms with van der Waals surface area (Å²) in [6.45, 7) is 0.742. The van der Waals surface area contributed by atoms with Crippen LogP contribution in [0.1, 0.15) is 10.4 Å². The number of aromatic nitrogens is 1. The fourth-order valence-electron chi connectivity index (χ4n) is 2.41. The number of ether oxygens (including phenoxy) is 1. The van der Waals surface area contributed by atoms with Crippen LogP contribution in [0.3, 0.4) is 0 Å². The smallest absolute Gasteiger partial charge is 0.256 e. The number of rotatable bonds is 4. The van der Waals surface area contributed by atoms with Gasteiger partial charge in [-0.25, -0.2) is 17.8 Å². The van der Waals surface area contributed by atoms with Crippen LogP contribution < -0.4 is 5.32 Å². The maximum Gasteiger partial charge on any atom is 0.256 e. The number of morpholine rings is 1. The summed E-state index contributed by atoms with van der Waals surface area (Å²) < 4.78 is 45.7. The summed E-state index contributed by atoms with van der Waals surface area (Å²) in [6, 6.07) is 6.22. The van der Waals surface area contributed by atoms with Crippen molar-refractivity contribution >= 4 is 33.3 Å². The summed E-state index contributed by atoms with van der Waals surface area (Å²) in [6.07, 6.45) is 1.36. The molecule has 1 aromatic carbocycles. The minimum atomic E-state index is -4.06. The van der Waals surface area contributed by atoms with Gasteiger partial charge < -0.3 is 10.1 Å². The van der Waals surface area contributed by atoms with E-state index < -0.39 is 26.6 Å². The van der Waals surface area contributed by atoms with Crippen molar-refractivity contribution in [3.63, 3.8) is 0 Å². The first-order valence-corrected chi connectivity index (χ1v) is 9.50. The summed E-state index contributed by atoms with van der Waals surface area (Å²) in [5.74, 6) is -1.29. The number of carbonyl (C=O) groups is 1. The molecule has 0 bridgehead atoms. The number of sulfonamides is 1. The van der Waals surface area contributed by atoms with Gasteiger partial charge in [-0.15, -0.1) is 0 Å². The van der Waals surface area contributed by atoms with Gasteiger partial charge in [-0.2, -0.15) is 4.31 Å². The molecule has 0 saturated carbocycles. The van der Waals surface area contributed by atoms with E-state index in [-0.39, 0.29) is 37.7 Å². The second kappa shape index (κ2) is 7.67. The summed E-state index contributed by atoms with van der Waals surface area (Å²) in [5.41, 5.74) is -0.00464. The first-order chi connectivity index (χ1) is 12.4. The number of anilines is 1. The van der Waals surface area contributed by atoms with Crippen molar-refractivity contribution in [2.75, 3.05) is 31.6 Å². The SMILES string of the molecule is O=C(Nc1ccc(Cl)cn1)c1ccc(F)c(S(=O)(=O)N2CCOCC2)c1. The highest BCUT2D eigenvalue weighted by Crippen LogP contribution is 2.22. The zero-order valence-electron chi connectivity index (χ0n) is 13.5. The molecule has 0 atom stereocenters. The number of benzene rings is 1. The van der Waals surface area contributed by atoms with Gasteiger partial charge in [-0.1, -0.05) is 11.6 Å². The molecule has 1 N–H and O–H groups in total. The van der Waals surface area contributed by atoms with Gasteiger partial charge in [0.25, 0.3) is 5.91 Å².